The van der Waals surface area contributed by atoms with E-state index in [2.05, 4.69) is 0 Å². The van der Waals surface area contributed by atoms with Crippen LogP contribution in [-0.4, -0.2) is 20.9 Å². The number of benzene rings is 4. The molecule has 0 fully saturated rings. The van der Waals surface area contributed by atoms with Crippen LogP contribution in [0, 0.1) is 0 Å². The summed E-state index contributed by atoms with van der Waals surface area (Å²) in [6, 6.07) is 24.7. The number of fused-ring (bicyclic) bond motifs is 1. The molecule has 0 unspecified atom stereocenters. The van der Waals surface area contributed by atoms with Gasteiger partial charge >= 0.3 is 0 Å². The first-order valence-corrected chi connectivity index (χ1v) is 11.8. The fraction of sp³-hybridized carbons (Fsp3) is 0.0800. The van der Waals surface area contributed by atoms with E-state index < -0.39 is 15.9 Å². The summed E-state index contributed by atoms with van der Waals surface area (Å²) in [4.78, 5) is 13.7. The van der Waals surface area contributed by atoms with Crippen molar-refractivity contribution in [3.63, 3.8) is 0 Å². The SMILES string of the molecule is CCOc1ccc(N(C(=O)c2cccc3ccccc23)S(=O)(=O)c2ccc(Cl)cc2)cc1. The molecule has 4 rings (SSSR count). The number of hydrogen-bond donors (Lipinski definition) is 0. The maximum atomic E-state index is 13.7. The monoisotopic (exact) mass is 465 g/mol. The Balaban J connectivity index is 1.88. The van der Waals surface area contributed by atoms with Crippen molar-refractivity contribution in [1.29, 1.82) is 0 Å². The number of sulfonamides is 1. The van der Waals surface area contributed by atoms with Gasteiger partial charge in [-0.2, -0.15) is 4.31 Å². The number of halogens is 1. The van der Waals surface area contributed by atoms with Crippen molar-refractivity contribution in [3.8, 4) is 5.75 Å². The van der Waals surface area contributed by atoms with Crippen LogP contribution in [0.3, 0.4) is 0 Å². The van der Waals surface area contributed by atoms with Gasteiger partial charge in [0.05, 0.1) is 17.2 Å². The molecule has 0 saturated carbocycles. The summed E-state index contributed by atoms with van der Waals surface area (Å²) in [7, 11) is -4.23. The van der Waals surface area contributed by atoms with Crippen molar-refractivity contribution < 1.29 is 17.9 Å². The molecule has 0 radical (unpaired) electrons. The average molecular weight is 466 g/mol. The second-order valence-electron chi connectivity index (χ2n) is 6.98. The van der Waals surface area contributed by atoms with Crippen LogP contribution in [0.2, 0.25) is 5.02 Å². The van der Waals surface area contributed by atoms with E-state index in [1.807, 2.05) is 31.2 Å². The van der Waals surface area contributed by atoms with Crippen LogP contribution in [0.1, 0.15) is 17.3 Å². The van der Waals surface area contributed by atoms with Crippen LogP contribution in [-0.2, 0) is 10.0 Å². The van der Waals surface area contributed by atoms with Gasteiger partial charge in [0, 0.05) is 10.6 Å². The van der Waals surface area contributed by atoms with Crippen LogP contribution >= 0.6 is 11.6 Å². The van der Waals surface area contributed by atoms with E-state index in [0.717, 1.165) is 9.69 Å². The Morgan fingerprint density at radius 3 is 2.22 bits per heavy atom. The van der Waals surface area contributed by atoms with E-state index in [4.69, 9.17) is 16.3 Å². The summed E-state index contributed by atoms with van der Waals surface area (Å²) in [6.07, 6.45) is 0. The van der Waals surface area contributed by atoms with Crippen LogP contribution in [0.25, 0.3) is 10.8 Å². The molecular formula is C25H20ClNO4S. The predicted molar refractivity (Wildman–Crippen MR) is 127 cm³/mol. The number of anilines is 1. The van der Waals surface area contributed by atoms with Gasteiger partial charge in [0.1, 0.15) is 5.75 Å². The van der Waals surface area contributed by atoms with Crippen molar-refractivity contribution in [2.24, 2.45) is 0 Å². The Labute approximate surface area is 191 Å². The number of carbonyl (C=O) groups is 1. The summed E-state index contributed by atoms with van der Waals surface area (Å²) < 4.78 is 33.6. The molecular weight excluding hydrogens is 446 g/mol. The van der Waals surface area contributed by atoms with Crippen molar-refractivity contribution in [1.82, 2.24) is 0 Å². The summed E-state index contributed by atoms with van der Waals surface area (Å²) in [5.41, 5.74) is 0.496. The first-order chi connectivity index (χ1) is 15.4. The smallest absolute Gasteiger partial charge is 0.272 e. The molecule has 0 atom stereocenters. The minimum absolute atomic E-state index is 0.0376. The lowest BCUT2D eigenvalue weighted by atomic mass is 10.0. The second kappa shape index (κ2) is 9.02. The molecule has 0 N–H and O–H groups in total. The van der Waals surface area contributed by atoms with Gasteiger partial charge in [-0.25, -0.2) is 8.42 Å². The van der Waals surface area contributed by atoms with Gasteiger partial charge in [-0.05, 0) is 72.3 Å². The second-order valence-corrected chi connectivity index (χ2v) is 9.21. The molecule has 0 saturated heterocycles. The van der Waals surface area contributed by atoms with Crippen LogP contribution in [0.4, 0.5) is 5.69 Å². The highest BCUT2D eigenvalue weighted by atomic mass is 35.5. The molecule has 4 aromatic rings. The van der Waals surface area contributed by atoms with Crippen molar-refractivity contribution in [3.05, 3.63) is 102 Å². The lowest BCUT2D eigenvalue weighted by Crippen LogP contribution is -2.37. The Morgan fingerprint density at radius 2 is 1.53 bits per heavy atom. The molecule has 32 heavy (non-hydrogen) atoms. The predicted octanol–water partition coefficient (Wildman–Crippen LogP) is 5.93. The van der Waals surface area contributed by atoms with Gasteiger partial charge < -0.3 is 4.74 Å². The Bertz CT molecular complexity index is 1360. The normalized spacial score (nSPS) is 11.3. The molecule has 0 aliphatic rings. The topological polar surface area (TPSA) is 63.7 Å². The van der Waals surface area contributed by atoms with Crippen LogP contribution in [0.15, 0.2) is 95.9 Å². The minimum atomic E-state index is -4.23. The van der Waals surface area contributed by atoms with Gasteiger partial charge in [0.2, 0.25) is 0 Å². The molecule has 0 heterocycles. The van der Waals surface area contributed by atoms with E-state index in [0.29, 0.717) is 22.8 Å². The molecule has 0 aliphatic heterocycles. The van der Waals surface area contributed by atoms with E-state index in [1.54, 1.807) is 42.5 Å². The zero-order valence-corrected chi connectivity index (χ0v) is 18.8. The van der Waals surface area contributed by atoms with E-state index >= 15 is 0 Å². The number of ether oxygens (including phenoxy) is 1. The molecule has 0 bridgehead atoms. The third-order valence-electron chi connectivity index (χ3n) is 4.94. The number of nitrogens with zero attached hydrogens (tertiary/aromatic N) is 1. The molecule has 5 nitrogen and oxygen atoms in total. The number of rotatable bonds is 6. The largest absolute Gasteiger partial charge is 0.494 e. The highest BCUT2D eigenvalue weighted by molar-refractivity contribution is 7.93. The van der Waals surface area contributed by atoms with Crippen molar-refractivity contribution in [2.75, 3.05) is 10.9 Å². The number of hydrogen-bond acceptors (Lipinski definition) is 4. The summed E-state index contributed by atoms with van der Waals surface area (Å²) in [6.45, 7) is 2.33. The van der Waals surface area contributed by atoms with Gasteiger partial charge in [0.25, 0.3) is 15.9 Å². The zero-order valence-electron chi connectivity index (χ0n) is 17.2. The van der Waals surface area contributed by atoms with Gasteiger partial charge in [-0.1, -0.05) is 48.0 Å². The maximum Gasteiger partial charge on any atom is 0.272 e. The standard InChI is InChI=1S/C25H20ClNO4S/c1-2-31-21-14-12-20(13-15-21)27(32(29,30)22-16-10-19(26)11-17-22)25(28)24-9-5-7-18-6-3-4-8-23(18)24/h3-17H,2H2,1H3. The molecule has 4 aromatic carbocycles. The summed E-state index contributed by atoms with van der Waals surface area (Å²) >= 11 is 5.94. The first-order valence-electron chi connectivity index (χ1n) is 9.97. The fourth-order valence-corrected chi connectivity index (χ4v) is 4.98. The third-order valence-corrected chi connectivity index (χ3v) is 6.92. The van der Waals surface area contributed by atoms with Crippen LogP contribution in [0.5, 0.6) is 5.75 Å². The lowest BCUT2D eigenvalue weighted by Gasteiger charge is -2.23. The zero-order chi connectivity index (χ0) is 22.7. The molecule has 1 amide bonds. The molecule has 7 heteroatoms. The highest BCUT2D eigenvalue weighted by Gasteiger charge is 2.32. The maximum absolute atomic E-state index is 13.7. The minimum Gasteiger partial charge on any atom is -0.494 e. The van der Waals surface area contributed by atoms with Gasteiger partial charge in [0.15, 0.2) is 0 Å². The molecule has 162 valence electrons. The lowest BCUT2D eigenvalue weighted by molar-refractivity contribution is 0.101. The molecule has 0 aromatic heterocycles. The van der Waals surface area contributed by atoms with Crippen molar-refractivity contribution >= 4 is 44.0 Å². The van der Waals surface area contributed by atoms with Gasteiger partial charge in [-0.3, -0.25) is 4.79 Å². The van der Waals surface area contributed by atoms with Gasteiger partial charge in [-0.15, -0.1) is 0 Å². The highest BCUT2D eigenvalue weighted by Crippen LogP contribution is 2.30. The fourth-order valence-electron chi connectivity index (χ4n) is 3.44. The van der Waals surface area contributed by atoms with Crippen LogP contribution < -0.4 is 9.04 Å². The number of amides is 1. The number of carbonyl (C=O) groups excluding carboxylic acids is 1. The first kappa shape index (κ1) is 21.9. The Hall–Kier alpha value is -3.35. The molecule has 0 aliphatic carbocycles. The summed E-state index contributed by atoms with van der Waals surface area (Å²) in [5, 5.41) is 1.91. The Morgan fingerprint density at radius 1 is 0.875 bits per heavy atom. The third kappa shape index (κ3) is 4.20. The Kier molecular flexibility index (Phi) is 6.17. The average Bonchev–Trinajstić information content (AvgIpc) is 2.80. The van der Waals surface area contributed by atoms with E-state index in [9.17, 15) is 13.2 Å². The van der Waals surface area contributed by atoms with E-state index in [1.165, 1.54) is 24.3 Å². The van der Waals surface area contributed by atoms with E-state index in [-0.39, 0.29) is 16.1 Å². The molecule has 0 spiro atoms. The summed E-state index contributed by atoms with van der Waals surface area (Å²) in [5.74, 6) is -0.0707. The van der Waals surface area contributed by atoms with Crippen molar-refractivity contribution in [2.45, 2.75) is 11.8 Å². The quantitative estimate of drug-likeness (QED) is 0.354.